The summed E-state index contributed by atoms with van der Waals surface area (Å²) in [6.45, 7) is 3.56. The fourth-order valence-corrected chi connectivity index (χ4v) is 2.06. The molecule has 0 aromatic heterocycles. The van der Waals surface area contributed by atoms with E-state index in [9.17, 15) is 0 Å². The van der Waals surface area contributed by atoms with Gasteiger partial charge in [0.1, 0.15) is 0 Å². The van der Waals surface area contributed by atoms with Crippen LogP contribution >= 0.6 is 15.9 Å². The Hall–Kier alpha value is -1.12. The summed E-state index contributed by atoms with van der Waals surface area (Å²) in [7, 11) is 0. The fraction of sp³-hybridized carbons (Fsp3) is 0.250. The smallest absolute Gasteiger partial charge is 0.0717 e. The molecule has 2 aromatic carbocycles. The maximum Gasteiger partial charge on any atom is 0.0717 e. The van der Waals surface area contributed by atoms with Crippen LogP contribution in [0.4, 0.5) is 0 Å². The van der Waals surface area contributed by atoms with E-state index in [1.165, 1.54) is 16.7 Å². The second-order valence-corrected chi connectivity index (χ2v) is 5.23. The molecule has 2 rings (SSSR count). The largest absolute Gasteiger partial charge is 0.376 e. The second-order valence-electron chi connectivity index (χ2n) is 4.37. The summed E-state index contributed by atoms with van der Waals surface area (Å²) < 4.78 is 6.85. The normalized spacial score (nSPS) is 10.6. The lowest BCUT2D eigenvalue weighted by atomic mass is 10.1. The Morgan fingerprint density at radius 2 is 1.78 bits per heavy atom. The molecule has 0 amide bonds. The Kier molecular flexibility index (Phi) is 4.97. The zero-order valence-corrected chi connectivity index (χ0v) is 12.1. The first-order valence-electron chi connectivity index (χ1n) is 6.12. The third-order valence-corrected chi connectivity index (χ3v) is 3.76. The summed E-state index contributed by atoms with van der Waals surface area (Å²) in [6, 6.07) is 16.7. The maximum absolute atomic E-state index is 5.68. The molecule has 0 aliphatic rings. The quantitative estimate of drug-likeness (QED) is 0.738. The Labute approximate surface area is 117 Å². The molecule has 0 atom stereocenters. The molecule has 0 saturated carbocycles. The van der Waals surface area contributed by atoms with Crippen molar-refractivity contribution in [1.82, 2.24) is 0 Å². The number of hydrogen-bond donors (Lipinski definition) is 0. The van der Waals surface area contributed by atoms with Crippen LogP contribution in [-0.2, 0) is 17.8 Å². The lowest BCUT2D eigenvalue weighted by Gasteiger charge is -2.06. The standard InChI is InChI=1S/C16H17BrO/c1-13-11-14(7-8-16(13)17)9-10-18-12-15-5-3-2-4-6-15/h2-8,11H,9-10,12H2,1H3. The van der Waals surface area contributed by atoms with Crippen LogP contribution in [0.2, 0.25) is 0 Å². The Morgan fingerprint density at radius 1 is 1.00 bits per heavy atom. The van der Waals surface area contributed by atoms with Gasteiger partial charge in [0.05, 0.1) is 13.2 Å². The predicted molar refractivity (Wildman–Crippen MR) is 78.7 cm³/mol. The molecular formula is C16H17BrO. The van der Waals surface area contributed by atoms with Crippen molar-refractivity contribution in [2.24, 2.45) is 0 Å². The first-order valence-corrected chi connectivity index (χ1v) is 6.92. The van der Waals surface area contributed by atoms with E-state index in [1.54, 1.807) is 0 Å². The van der Waals surface area contributed by atoms with Crippen molar-refractivity contribution in [1.29, 1.82) is 0 Å². The minimum Gasteiger partial charge on any atom is -0.376 e. The zero-order chi connectivity index (χ0) is 12.8. The van der Waals surface area contributed by atoms with E-state index in [1.807, 2.05) is 18.2 Å². The van der Waals surface area contributed by atoms with E-state index in [0.717, 1.165) is 17.5 Å². The average molecular weight is 305 g/mol. The Balaban J connectivity index is 1.77. The highest BCUT2D eigenvalue weighted by Gasteiger charge is 1.98. The number of ether oxygens (including phenoxy) is 1. The van der Waals surface area contributed by atoms with Gasteiger partial charge in [-0.25, -0.2) is 0 Å². The molecule has 0 fully saturated rings. The van der Waals surface area contributed by atoms with E-state index >= 15 is 0 Å². The molecule has 0 aliphatic heterocycles. The van der Waals surface area contributed by atoms with E-state index in [0.29, 0.717) is 6.61 Å². The van der Waals surface area contributed by atoms with Crippen LogP contribution in [0.25, 0.3) is 0 Å². The topological polar surface area (TPSA) is 9.23 Å². The molecule has 2 aromatic rings. The van der Waals surface area contributed by atoms with E-state index in [4.69, 9.17) is 4.74 Å². The maximum atomic E-state index is 5.68. The van der Waals surface area contributed by atoms with Gasteiger partial charge in [-0.15, -0.1) is 0 Å². The van der Waals surface area contributed by atoms with Gasteiger partial charge in [0.2, 0.25) is 0 Å². The van der Waals surface area contributed by atoms with Crippen molar-refractivity contribution >= 4 is 15.9 Å². The van der Waals surface area contributed by atoms with Crippen LogP contribution < -0.4 is 0 Å². The van der Waals surface area contributed by atoms with E-state index in [2.05, 4.69) is 53.2 Å². The first-order chi connectivity index (χ1) is 8.75. The first kappa shape index (κ1) is 13.3. The molecule has 94 valence electrons. The van der Waals surface area contributed by atoms with Crippen LogP contribution in [0.3, 0.4) is 0 Å². The number of halogens is 1. The van der Waals surface area contributed by atoms with Crippen molar-refractivity contribution in [3.63, 3.8) is 0 Å². The lowest BCUT2D eigenvalue weighted by Crippen LogP contribution is -1.99. The SMILES string of the molecule is Cc1cc(CCOCc2ccccc2)ccc1Br. The lowest BCUT2D eigenvalue weighted by molar-refractivity contribution is 0.124. The van der Waals surface area contributed by atoms with Gasteiger partial charge in [-0.1, -0.05) is 58.4 Å². The van der Waals surface area contributed by atoms with E-state index in [-0.39, 0.29) is 0 Å². The van der Waals surface area contributed by atoms with Crippen LogP contribution in [0.1, 0.15) is 16.7 Å². The zero-order valence-electron chi connectivity index (χ0n) is 10.5. The van der Waals surface area contributed by atoms with Crippen LogP contribution in [-0.4, -0.2) is 6.61 Å². The predicted octanol–water partition coefficient (Wildman–Crippen LogP) is 4.52. The summed E-state index contributed by atoms with van der Waals surface area (Å²) >= 11 is 3.51. The molecule has 0 unspecified atom stereocenters. The van der Waals surface area contributed by atoms with Gasteiger partial charge in [0.25, 0.3) is 0 Å². The van der Waals surface area contributed by atoms with Crippen molar-refractivity contribution < 1.29 is 4.74 Å². The Morgan fingerprint density at radius 3 is 2.50 bits per heavy atom. The van der Waals surface area contributed by atoms with Gasteiger partial charge >= 0.3 is 0 Å². The van der Waals surface area contributed by atoms with Crippen molar-refractivity contribution in [2.45, 2.75) is 20.0 Å². The summed E-state index contributed by atoms with van der Waals surface area (Å²) in [5.41, 5.74) is 3.82. The van der Waals surface area contributed by atoms with Crippen molar-refractivity contribution in [2.75, 3.05) is 6.61 Å². The van der Waals surface area contributed by atoms with Gasteiger partial charge in [0, 0.05) is 4.47 Å². The highest BCUT2D eigenvalue weighted by atomic mass is 79.9. The van der Waals surface area contributed by atoms with Gasteiger partial charge < -0.3 is 4.74 Å². The van der Waals surface area contributed by atoms with Gasteiger partial charge in [0.15, 0.2) is 0 Å². The monoisotopic (exact) mass is 304 g/mol. The number of rotatable bonds is 5. The molecule has 18 heavy (non-hydrogen) atoms. The minimum atomic E-state index is 0.691. The van der Waals surface area contributed by atoms with Crippen molar-refractivity contribution in [3.05, 3.63) is 69.7 Å². The molecule has 0 N–H and O–H groups in total. The van der Waals surface area contributed by atoms with Gasteiger partial charge in [-0.2, -0.15) is 0 Å². The number of aryl methyl sites for hydroxylation is 1. The molecule has 2 heteroatoms. The van der Waals surface area contributed by atoms with Crippen LogP contribution in [0.15, 0.2) is 53.0 Å². The highest BCUT2D eigenvalue weighted by Crippen LogP contribution is 2.17. The molecule has 0 heterocycles. The molecule has 0 radical (unpaired) electrons. The molecular weight excluding hydrogens is 288 g/mol. The van der Waals surface area contributed by atoms with Gasteiger partial charge in [-0.3, -0.25) is 0 Å². The van der Waals surface area contributed by atoms with Gasteiger partial charge in [-0.05, 0) is 36.1 Å². The summed E-state index contributed by atoms with van der Waals surface area (Å²) in [4.78, 5) is 0. The fourth-order valence-electron chi connectivity index (χ4n) is 1.82. The van der Waals surface area contributed by atoms with Crippen LogP contribution in [0.5, 0.6) is 0 Å². The average Bonchev–Trinajstić information content (AvgIpc) is 2.40. The summed E-state index contributed by atoms with van der Waals surface area (Å²) in [5, 5.41) is 0. The third-order valence-electron chi connectivity index (χ3n) is 2.87. The van der Waals surface area contributed by atoms with Crippen molar-refractivity contribution in [3.8, 4) is 0 Å². The molecule has 0 spiro atoms. The van der Waals surface area contributed by atoms with Crippen LogP contribution in [0, 0.1) is 6.92 Å². The summed E-state index contributed by atoms with van der Waals surface area (Å²) in [6.07, 6.45) is 0.959. The highest BCUT2D eigenvalue weighted by molar-refractivity contribution is 9.10. The third kappa shape index (κ3) is 3.97. The Bertz CT molecular complexity index is 494. The second kappa shape index (κ2) is 6.72. The number of hydrogen-bond acceptors (Lipinski definition) is 1. The molecule has 0 saturated heterocycles. The molecule has 1 nitrogen and oxygen atoms in total. The molecule has 0 aliphatic carbocycles. The summed E-state index contributed by atoms with van der Waals surface area (Å²) in [5.74, 6) is 0. The minimum absolute atomic E-state index is 0.691. The number of benzene rings is 2. The van der Waals surface area contributed by atoms with E-state index < -0.39 is 0 Å². The molecule has 0 bridgehead atoms.